The number of piperidine rings is 1. The van der Waals surface area contributed by atoms with E-state index in [0.29, 0.717) is 16.1 Å². The average Bonchev–Trinajstić information content (AvgIpc) is 2.28. The summed E-state index contributed by atoms with van der Waals surface area (Å²) in [6, 6.07) is 4.70. The van der Waals surface area contributed by atoms with Gasteiger partial charge in [0.25, 0.3) is 5.91 Å². The van der Waals surface area contributed by atoms with Gasteiger partial charge in [-0.25, -0.2) is 4.39 Å². The molecule has 1 aromatic rings. The van der Waals surface area contributed by atoms with E-state index >= 15 is 0 Å². The summed E-state index contributed by atoms with van der Waals surface area (Å²) in [7, 11) is 0. The van der Waals surface area contributed by atoms with Crippen molar-refractivity contribution in [3.05, 3.63) is 34.1 Å². The van der Waals surface area contributed by atoms with Crippen molar-refractivity contribution >= 4 is 34.2 Å². The lowest BCUT2D eigenvalue weighted by molar-refractivity contribution is 0.0925. The smallest absolute Gasteiger partial charge is 0.252 e. The van der Waals surface area contributed by atoms with Gasteiger partial charge in [0.05, 0.1) is 5.56 Å². The third-order valence-electron chi connectivity index (χ3n) is 3.13. The Labute approximate surface area is 126 Å². The molecule has 106 valence electrons. The topological polar surface area (TPSA) is 41.1 Å². The molecule has 0 radical (unpaired) electrons. The second-order valence-corrected chi connectivity index (χ2v) is 5.53. The van der Waals surface area contributed by atoms with Crippen molar-refractivity contribution in [1.82, 2.24) is 10.6 Å². The molecule has 1 aliphatic heterocycles. The number of rotatable bonds is 2. The maximum Gasteiger partial charge on any atom is 0.252 e. The molecule has 1 saturated heterocycles. The predicted molar refractivity (Wildman–Crippen MR) is 79.3 cm³/mol. The zero-order valence-corrected chi connectivity index (χ0v) is 13.0. The number of carbonyl (C=O) groups is 1. The minimum absolute atomic E-state index is 0. The summed E-state index contributed by atoms with van der Waals surface area (Å²) in [6.07, 6.45) is 1.85. The number of hydrogen-bond acceptors (Lipinski definition) is 2. The first-order valence-corrected chi connectivity index (χ1v) is 6.85. The normalized spacial score (nSPS) is 22.5. The van der Waals surface area contributed by atoms with Crippen LogP contribution in [0.1, 0.15) is 30.1 Å². The molecule has 0 bridgehead atoms. The second kappa shape index (κ2) is 7.22. The van der Waals surface area contributed by atoms with Crippen LogP contribution in [0.25, 0.3) is 0 Å². The van der Waals surface area contributed by atoms with Gasteiger partial charge in [-0.3, -0.25) is 4.79 Å². The monoisotopic (exact) mass is 350 g/mol. The molecular weight excluding hydrogens is 335 g/mol. The Morgan fingerprint density at radius 2 is 2.26 bits per heavy atom. The first-order valence-electron chi connectivity index (χ1n) is 6.05. The minimum atomic E-state index is -0.353. The summed E-state index contributed by atoms with van der Waals surface area (Å²) in [5.74, 6) is -0.505. The van der Waals surface area contributed by atoms with Gasteiger partial charge >= 0.3 is 0 Å². The Kier molecular flexibility index (Phi) is 6.23. The number of benzene rings is 1. The highest BCUT2D eigenvalue weighted by Gasteiger charge is 2.21. The van der Waals surface area contributed by atoms with Crippen molar-refractivity contribution in [2.45, 2.75) is 31.8 Å². The first-order chi connectivity index (χ1) is 8.56. The molecule has 3 nitrogen and oxygen atoms in total. The van der Waals surface area contributed by atoms with E-state index < -0.39 is 0 Å². The number of amides is 1. The van der Waals surface area contributed by atoms with E-state index in [1.165, 1.54) is 18.2 Å². The molecule has 1 fully saturated rings. The molecule has 1 amide bonds. The van der Waals surface area contributed by atoms with Crippen molar-refractivity contribution in [2.24, 2.45) is 0 Å². The fourth-order valence-corrected chi connectivity index (χ4v) is 2.73. The lowest BCUT2D eigenvalue weighted by Gasteiger charge is -2.28. The first kappa shape index (κ1) is 16.4. The van der Waals surface area contributed by atoms with E-state index in [4.69, 9.17) is 0 Å². The summed E-state index contributed by atoms with van der Waals surface area (Å²) >= 11 is 3.21. The molecule has 2 atom stereocenters. The number of halogens is 3. The highest BCUT2D eigenvalue weighted by molar-refractivity contribution is 9.10. The van der Waals surface area contributed by atoms with E-state index in [9.17, 15) is 9.18 Å². The molecular formula is C13H17BrClFN2O. The van der Waals surface area contributed by atoms with Gasteiger partial charge in [0, 0.05) is 16.6 Å². The Balaban J connectivity index is 0.00000180. The van der Waals surface area contributed by atoms with Crippen LogP contribution >= 0.6 is 28.3 Å². The van der Waals surface area contributed by atoms with Crippen molar-refractivity contribution < 1.29 is 9.18 Å². The minimum Gasteiger partial charge on any atom is -0.349 e. The molecule has 6 heteroatoms. The van der Waals surface area contributed by atoms with Crippen LogP contribution in [0.15, 0.2) is 22.7 Å². The summed E-state index contributed by atoms with van der Waals surface area (Å²) in [5, 5.41) is 6.33. The van der Waals surface area contributed by atoms with Crippen molar-refractivity contribution in [3.8, 4) is 0 Å². The van der Waals surface area contributed by atoms with E-state index in [1.54, 1.807) is 0 Å². The van der Waals surface area contributed by atoms with Crippen LogP contribution in [0, 0.1) is 5.82 Å². The zero-order valence-electron chi connectivity index (χ0n) is 10.6. The number of carbonyl (C=O) groups excluding carboxylic acids is 1. The molecule has 19 heavy (non-hydrogen) atoms. The lowest BCUT2D eigenvalue weighted by Crippen LogP contribution is -2.46. The Bertz CT molecular complexity index is 458. The molecule has 1 aromatic carbocycles. The third-order valence-corrected chi connectivity index (χ3v) is 3.79. The molecule has 0 saturated carbocycles. The van der Waals surface area contributed by atoms with E-state index in [1.807, 2.05) is 0 Å². The van der Waals surface area contributed by atoms with Gasteiger partial charge in [0.1, 0.15) is 5.82 Å². The summed E-state index contributed by atoms with van der Waals surface area (Å²) in [6.45, 7) is 3.02. The molecule has 2 rings (SSSR count). The van der Waals surface area contributed by atoms with E-state index in [0.717, 1.165) is 19.4 Å². The van der Waals surface area contributed by atoms with E-state index in [-0.39, 0.29) is 30.2 Å². The summed E-state index contributed by atoms with van der Waals surface area (Å²) in [5.41, 5.74) is 0.475. The zero-order chi connectivity index (χ0) is 13.1. The van der Waals surface area contributed by atoms with Crippen LogP contribution in [-0.4, -0.2) is 24.5 Å². The standard InChI is InChI=1S/C13H16BrFN2O.ClH/c1-8-6-10(4-5-16-8)17-13(18)11-3-2-9(15)7-12(11)14;/h2-3,7-8,10,16H,4-6H2,1H3,(H,17,18);1H. The van der Waals surface area contributed by atoms with Gasteiger partial charge in [0.15, 0.2) is 0 Å². The summed E-state index contributed by atoms with van der Waals surface area (Å²) < 4.78 is 13.4. The van der Waals surface area contributed by atoms with Crippen molar-refractivity contribution in [1.29, 1.82) is 0 Å². The molecule has 0 aliphatic carbocycles. The van der Waals surface area contributed by atoms with Crippen LogP contribution in [0.5, 0.6) is 0 Å². The van der Waals surface area contributed by atoms with Crippen molar-refractivity contribution in [3.63, 3.8) is 0 Å². The second-order valence-electron chi connectivity index (χ2n) is 4.67. The van der Waals surface area contributed by atoms with Crippen LogP contribution in [0.4, 0.5) is 4.39 Å². The third kappa shape index (κ3) is 4.44. The lowest BCUT2D eigenvalue weighted by atomic mass is 10.0. The maximum absolute atomic E-state index is 13.0. The number of hydrogen-bond donors (Lipinski definition) is 2. The average molecular weight is 352 g/mol. The molecule has 2 unspecified atom stereocenters. The predicted octanol–water partition coefficient (Wildman–Crippen LogP) is 2.88. The molecule has 2 N–H and O–H groups in total. The maximum atomic E-state index is 13.0. The van der Waals surface area contributed by atoms with Crippen LogP contribution in [-0.2, 0) is 0 Å². The largest absolute Gasteiger partial charge is 0.349 e. The molecule has 0 aromatic heterocycles. The summed E-state index contributed by atoms with van der Waals surface area (Å²) in [4.78, 5) is 12.1. The van der Waals surface area contributed by atoms with Crippen molar-refractivity contribution in [2.75, 3.05) is 6.54 Å². The molecule has 1 heterocycles. The quantitative estimate of drug-likeness (QED) is 0.860. The van der Waals surface area contributed by atoms with Gasteiger partial charge < -0.3 is 10.6 Å². The fraction of sp³-hybridized carbons (Fsp3) is 0.462. The van der Waals surface area contributed by atoms with Gasteiger partial charge in [-0.05, 0) is 60.4 Å². The van der Waals surface area contributed by atoms with Gasteiger partial charge in [-0.15, -0.1) is 12.4 Å². The highest BCUT2D eigenvalue weighted by Crippen LogP contribution is 2.18. The van der Waals surface area contributed by atoms with Crippen LogP contribution in [0.3, 0.4) is 0 Å². The van der Waals surface area contributed by atoms with Crippen LogP contribution in [0.2, 0.25) is 0 Å². The van der Waals surface area contributed by atoms with Gasteiger partial charge in [0.2, 0.25) is 0 Å². The van der Waals surface area contributed by atoms with Crippen LogP contribution < -0.4 is 10.6 Å². The highest BCUT2D eigenvalue weighted by atomic mass is 79.9. The Hall–Kier alpha value is -0.650. The number of nitrogens with one attached hydrogen (secondary N) is 2. The Morgan fingerprint density at radius 3 is 2.89 bits per heavy atom. The fourth-order valence-electron chi connectivity index (χ4n) is 2.20. The SMILES string of the molecule is CC1CC(NC(=O)c2ccc(F)cc2Br)CCN1.Cl. The van der Waals surface area contributed by atoms with Gasteiger partial charge in [-0.2, -0.15) is 0 Å². The molecule has 0 spiro atoms. The van der Waals surface area contributed by atoms with Gasteiger partial charge in [-0.1, -0.05) is 0 Å². The Morgan fingerprint density at radius 1 is 1.53 bits per heavy atom. The van der Waals surface area contributed by atoms with E-state index in [2.05, 4.69) is 33.5 Å². The molecule has 1 aliphatic rings.